The molecule has 4 rings (SSSR count). The van der Waals surface area contributed by atoms with Gasteiger partial charge in [0, 0.05) is 5.41 Å². The maximum absolute atomic E-state index is 9.08. The maximum Gasteiger partial charge on any atom is 0.0991 e. The van der Waals surface area contributed by atoms with E-state index in [2.05, 4.69) is 55.5 Å². The van der Waals surface area contributed by atoms with Gasteiger partial charge < -0.3 is 0 Å². The number of rotatable bonds is 1. The molecule has 1 atom stereocenters. The van der Waals surface area contributed by atoms with E-state index in [4.69, 9.17) is 5.26 Å². The summed E-state index contributed by atoms with van der Waals surface area (Å²) in [5, 5.41) is 9.08. The SMILES string of the molecule is Cc1ccccc1C1=CCCC2(C1)c1ccc(C#N)cc12. The van der Waals surface area contributed by atoms with Crippen molar-refractivity contribution in [3.05, 3.63) is 76.4 Å². The average Bonchev–Trinajstić information content (AvgIpc) is 3.13. The Labute approximate surface area is 125 Å². The number of nitrogens with zero attached hydrogens (tertiary/aromatic N) is 1. The molecule has 2 aliphatic carbocycles. The van der Waals surface area contributed by atoms with E-state index in [9.17, 15) is 0 Å². The van der Waals surface area contributed by atoms with Crippen LogP contribution in [0.4, 0.5) is 0 Å². The van der Waals surface area contributed by atoms with Crippen LogP contribution in [-0.4, -0.2) is 0 Å². The van der Waals surface area contributed by atoms with Gasteiger partial charge in [-0.1, -0.05) is 36.4 Å². The Kier molecular flexibility index (Phi) is 2.56. The molecule has 0 N–H and O–H groups in total. The minimum Gasteiger partial charge on any atom is -0.192 e. The van der Waals surface area contributed by atoms with Crippen molar-refractivity contribution in [2.45, 2.75) is 31.6 Å². The van der Waals surface area contributed by atoms with Crippen LogP contribution in [0.15, 0.2) is 48.5 Å². The zero-order valence-corrected chi connectivity index (χ0v) is 12.2. The van der Waals surface area contributed by atoms with Gasteiger partial charge in [-0.25, -0.2) is 0 Å². The molecule has 0 bridgehead atoms. The van der Waals surface area contributed by atoms with E-state index in [0.717, 1.165) is 18.4 Å². The molecule has 0 amide bonds. The van der Waals surface area contributed by atoms with Crippen LogP contribution in [-0.2, 0) is 5.41 Å². The Morgan fingerprint density at radius 3 is 2.76 bits per heavy atom. The third-order valence-corrected chi connectivity index (χ3v) is 5.06. The highest BCUT2D eigenvalue weighted by atomic mass is 14.5. The highest BCUT2D eigenvalue weighted by molar-refractivity contribution is 5.76. The van der Waals surface area contributed by atoms with E-state index in [0.29, 0.717) is 0 Å². The predicted molar refractivity (Wildman–Crippen MR) is 84.9 cm³/mol. The van der Waals surface area contributed by atoms with Crippen LogP contribution in [0.25, 0.3) is 5.57 Å². The lowest BCUT2D eigenvalue weighted by molar-refractivity contribution is 0.569. The summed E-state index contributed by atoms with van der Waals surface area (Å²) in [7, 11) is 0. The third kappa shape index (κ3) is 1.76. The van der Waals surface area contributed by atoms with Crippen molar-refractivity contribution in [2.75, 3.05) is 0 Å². The first-order valence-corrected chi connectivity index (χ1v) is 7.55. The van der Waals surface area contributed by atoms with Crippen molar-refractivity contribution >= 4 is 5.57 Å². The lowest BCUT2D eigenvalue weighted by Crippen LogP contribution is -2.13. The molecule has 1 nitrogen and oxygen atoms in total. The summed E-state index contributed by atoms with van der Waals surface area (Å²) in [6.07, 6.45) is 5.80. The normalized spacial score (nSPS) is 22.4. The fraction of sp³-hybridized carbons (Fsp3) is 0.250. The molecule has 0 aliphatic heterocycles. The molecule has 2 aromatic carbocycles. The molecule has 2 aliphatic rings. The number of benzene rings is 2. The number of hydrogen-bond donors (Lipinski definition) is 0. The Morgan fingerprint density at radius 2 is 1.95 bits per heavy atom. The fourth-order valence-corrected chi connectivity index (χ4v) is 3.89. The van der Waals surface area contributed by atoms with Crippen LogP contribution in [0, 0.1) is 18.3 Å². The fourth-order valence-electron chi connectivity index (χ4n) is 3.89. The van der Waals surface area contributed by atoms with Crippen LogP contribution in [0.3, 0.4) is 0 Å². The van der Waals surface area contributed by atoms with Crippen molar-refractivity contribution in [1.29, 1.82) is 5.26 Å². The summed E-state index contributed by atoms with van der Waals surface area (Å²) in [6, 6.07) is 17.1. The smallest absolute Gasteiger partial charge is 0.0991 e. The van der Waals surface area contributed by atoms with Crippen LogP contribution in [0.1, 0.15) is 47.1 Å². The van der Waals surface area contributed by atoms with Gasteiger partial charge >= 0.3 is 0 Å². The number of hydrogen-bond acceptors (Lipinski definition) is 1. The summed E-state index contributed by atoms with van der Waals surface area (Å²) in [5.74, 6) is 0. The van der Waals surface area contributed by atoms with Gasteiger partial charge in [0.15, 0.2) is 0 Å². The van der Waals surface area contributed by atoms with Crippen molar-refractivity contribution in [3.63, 3.8) is 0 Å². The van der Waals surface area contributed by atoms with E-state index in [1.54, 1.807) is 0 Å². The van der Waals surface area contributed by atoms with Gasteiger partial charge in [-0.3, -0.25) is 0 Å². The van der Waals surface area contributed by atoms with E-state index < -0.39 is 0 Å². The molecular weight excluding hydrogens is 254 g/mol. The molecule has 0 radical (unpaired) electrons. The third-order valence-electron chi connectivity index (χ3n) is 5.06. The Morgan fingerprint density at radius 1 is 1.10 bits per heavy atom. The quantitative estimate of drug-likeness (QED) is 0.735. The first kappa shape index (κ1) is 12.4. The van der Waals surface area contributed by atoms with Crippen molar-refractivity contribution in [3.8, 4) is 6.07 Å². The zero-order chi connectivity index (χ0) is 14.4. The minimum atomic E-state index is 0.224. The Balaban J connectivity index is 1.70. The topological polar surface area (TPSA) is 23.8 Å². The molecule has 0 saturated carbocycles. The molecule has 21 heavy (non-hydrogen) atoms. The molecular formula is C20H17N. The van der Waals surface area contributed by atoms with Crippen LogP contribution < -0.4 is 0 Å². The molecule has 2 aromatic rings. The number of fused-ring (bicyclic) bond motifs is 3. The maximum atomic E-state index is 9.08. The average molecular weight is 271 g/mol. The second kappa shape index (κ2) is 4.33. The number of aryl methyl sites for hydroxylation is 1. The van der Waals surface area contributed by atoms with Crippen LogP contribution in [0.2, 0.25) is 0 Å². The van der Waals surface area contributed by atoms with Crippen molar-refractivity contribution < 1.29 is 0 Å². The Hall–Kier alpha value is -2.33. The summed E-state index contributed by atoms with van der Waals surface area (Å²) < 4.78 is 0. The highest BCUT2D eigenvalue weighted by Crippen LogP contribution is 2.60. The van der Waals surface area contributed by atoms with Crippen LogP contribution in [0.5, 0.6) is 0 Å². The van der Waals surface area contributed by atoms with Crippen molar-refractivity contribution in [2.24, 2.45) is 0 Å². The Bertz CT molecular complexity index is 807. The van der Waals surface area contributed by atoms with Gasteiger partial charge in [0.05, 0.1) is 11.6 Å². The van der Waals surface area contributed by atoms with E-state index in [-0.39, 0.29) is 5.41 Å². The second-order valence-electron chi connectivity index (χ2n) is 6.21. The molecule has 1 spiro atoms. The lowest BCUT2D eigenvalue weighted by atomic mass is 9.79. The summed E-state index contributed by atoms with van der Waals surface area (Å²) in [4.78, 5) is 0. The zero-order valence-electron chi connectivity index (χ0n) is 12.2. The standard InChI is InChI=1S/C20H17N/c1-14-5-2-3-7-17(14)16-6-4-10-20(12-16)18-9-8-15(13-21)11-19(18)20/h2-3,5-9,11H,4,10,12H2,1H3. The van der Waals surface area contributed by atoms with Gasteiger partial charge in [0.2, 0.25) is 0 Å². The van der Waals surface area contributed by atoms with Gasteiger partial charge in [-0.05, 0) is 66.1 Å². The molecule has 1 unspecified atom stereocenters. The largest absolute Gasteiger partial charge is 0.192 e. The molecule has 0 saturated heterocycles. The molecule has 0 aromatic heterocycles. The summed E-state index contributed by atoms with van der Waals surface area (Å²) in [6.45, 7) is 2.19. The summed E-state index contributed by atoms with van der Waals surface area (Å²) in [5.41, 5.74) is 8.08. The minimum absolute atomic E-state index is 0.224. The molecule has 0 fully saturated rings. The monoisotopic (exact) mass is 271 g/mol. The lowest BCUT2D eigenvalue weighted by Gasteiger charge is -2.24. The molecule has 1 heteroatoms. The van der Waals surface area contributed by atoms with Gasteiger partial charge in [-0.15, -0.1) is 0 Å². The number of nitriles is 1. The summed E-state index contributed by atoms with van der Waals surface area (Å²) >= 11 is 0. The first-order chi connectivity index (χ1) is 10.2. The van der Waals surface area contributed by atoms with E-state index in [1.807, 2.05) is 6.07 Å². The predicted octanol–water partition coefficient (Wildman–Crippen LogP) is 4.73. The molecule has 102 valence electrons. The number of allylic oxidation sites excluding steroid dienone is 2. The van der Waals surface area contributed by atoms with Crippen molar-refractivity contribution in [1.82, 2.24) is 0 Å². The second-order valence-corrected chi connectivity index (χ2v) is 6.21. The van der Waals surface area contributed by atoms with Crippen LogP contribution >= 0.6 is 0 Å². The van der Waals surface area contributed by atoms with Gasteiger partial charge in [-0.2, -0.15) is 5.26 Å². The van der Waals surface area contributed by atoms with Gasteiger partial charge in [0.1, 0.15) is 0 Å². The van der Waals surface area contributed by atoms with E-state index in [1.165, 1.54) is 34.2 Å². The highest BCUT2D eigenvalue weighted by Gasteiger charge is 2.50. The van der Waals surface area contributed by atoms with Gasteiger partial charge in [0.25, 0.3) is 0 Å². The molecule has 0 heterocycles. The van der Waals surface area contributed by atoms with E-state index >= 15 is 0 Å². The first-order valence-electron chi connectivity index (χ1n) is 7.55.